The Bertz CT molecular complexity index is 900. The monoisotopic (exact) mass is 357 g/mol. The van der Waals surface area contributed by atoms with Gasteiger partial charge in [0, 0.05) is 4.88 Å². The third kappa shape index (κ3) is 3.21. The fraction of sp³-hybridized carbons (Fsp3) is 0.526. The standard InChI is InChI=1S/C19H23N3O2S/c1-4-19(5-2,6-3)21-15(23)11-22-12-20-17-16(18(22)24)13-9-7-8-10-14(13)25-17/h1,12H,5-11H2,2-3H3,(H,21,23). The SMILES string of the molecule is C#CC(CC)(CC)NC(=O)Cn1cnc2sc3c(c2c1=O)CCCC3. The number of hydrogen-bond acceptors (Lipinski definition) is 4. The number of carbonyl (C=O) groups excluding carboxylic acids is 1. The molecule has 1 aliphatic rings. The maximum Gasteiger partial charge on any atom is 0.262 e. The van der Waals surface area contributed by atoms with Gasteiger partial charge < -0.3 is 5.32 Å². The summed E-state index contributed by atoms with van der Waals surface area (Å²) in [6.45, 7) is 3.83. The van der Waals surface area contributed by atoms with Crippen molar-refractivity contribution in [3.8, 4) is 12.3 Å². The Kier molecular flexibility index (Phi) is 4.96. The minimum atomic E-state index is -0.653. The van der Waals surface area contributed by atoms with Crippen molar-refractivity contribution in [2.75, 3.05) is 0 Å². The molecule has 0 radical (unpaired) electrons. The van der Waals surface area contributed by atoms with Crippen molar-refractivity contribution in [3.05, 3.63) is 27.1 Å². The second-order valence-electron chi connectivity index (χ2n) is 6.55. The van der Waals surface area contributed by atoms with Crippen LogP contribution < -0.4 is 10.9 Å². The predicted molar refractivity (Wildman–Crippen MR) is 101 cm³/mol. The third-order valence-corrected chi connectivity index (χ3v) is 6.32. The van der Waals surface area contributed by atoms with Crippen molar-refractivity contribution in [3.63, 3.8) is 0 Å². The van der Waals surface area contributed by atoms with Crippen LogP contribution in [0.4, 0.5) is 0 Å². The molecule has 2 heterocycles. The number of terminal acetylenes is 1. The van der Waals surface area contributed by atoms with Crippen LogP contribution in [0, 0.1) is 12.3 Å². The van der Waals surface area contributed by atoms with Gasteiger partial charge in [0.15, 0.2) is 0 Å². The number of nitrogens with zero attached hydrogens (tertiary/aromatic N) is 2. The third-order valence-electron chi connectivity index (χ3n) is 5.12. The Morgan fingerprint density at radius 2 is 2.12 bits per heavy atom. The first-order chi connectivity index (χ1) is 12.0. The lowest BCUT2D eigenvalue weighted by Gasteiger charge is -2.27. The van der Waals surface area contributed by atoms with Gasteiger partial charge in [-0.2, -0.15) is 0 Å². The van der Waals surface area contributed by atoms with E-state index in [0.717, 1.165) is 29.7 Å². The van der Waals surface area contributed by atoms with E-state index in [1.54, 1.807) is 11.3 Å². The summed E-state index contributed by atoms with van der Waals surface area (Å²) in [7, 11) is 0. The number of fused-ring (bicyclic) bond motifs is 3. The Hall–Kier alpha value is -2.13. The molecule has 0 atom stereocenters. The lowest BCUT2D eigenvalue weighted by molar-refractivity contribution is -0.123. The predicted octanol–water partition coefficient (Wildman–Crippen LogP) is 2.65. The topological polar surface area (TPSA) is 64.0 Å². The molecule has 0 aliphatic heterocycles. The maximum absolute atomic E-state index is 12.9. The average molecular weight is 357 g/mol. The van der Waals surface area contributed by atoms with Gasteiger partial charge >= 0.3 is 0 Å². The van der Waals surface area contributed by atoms with Crippen LogP contribution >= 0.6 is 11.3 Å². The number of carbonyl (C=O) groups is 1. The van der Waals surface area contributed by atoms with E-state index >= 15 is 0 Å². The zero-order valence-electron chi connectivity index (χ0n) is 14.7. The van der Waals surface area contributed by atoms with Gasteiger partial charge in [-0.3, -0.25) is 14.2 Å². The molecule has 0 saturated carbocycles. The van der Waals surface area contributed by atoms with Crippen LogP contribution in [0.5, 0.6) is 0 Å². The summed E-state index contributed by atoms with van der Waals surface area (Å²) in [4.78, 5) is 31.8. The summed E-state index contributed by atoms with van der Waals surface area (Å²) < 4.78 is 1.39. The van der Waals surface area contributed by atoms with Crippen molar-refractivity contribution in [1.82, 2.24) is 14.9 Å². The van der Waals surface area contributed by atoms with E-state index in [4.69, 9.17) is 6.42 Å². The zero-order valence-corrected chi connectivity index (χ0v) is 15.5. The first-order valence-corrected chi connectivity index (χ1v) is 9.63. The zero-order chi connectivity index (χ0) is 18.0. The van der Waals surface area contributed by atoms with Crippen molar-refractivity contribution in [1.29, 1.82) is 0 Å². The fourth-order valence-corrected chi connectivity index (χ4v) is 4.64. The molecule has 6 heteroatoms. The maximum atomic E-state index is 12.9. The fourth-order valence-electron chi connectivity index (χ4n) is 3.42. The van der Waals surface area contributed by atoms with E-state index in [1.165, 1.54) is 22.2 Å². The molecule has 132 valence electrons. The number of rotatable bonds is 5. The number of aryl methyl sites for hydroxylation is 2. The van der Waals surface area contributed by atoms with Gasteiger partial charge in [-0.05, 0) is 44.1 Å². The molecular formula is C19H23N3O2S. The Morgan fingerprint density at radius 3 is 2.80 bits per heavy atom. The summed E-state index contributed by atoms with van der Waals surface area (Å²) >= 11 is 1.61. The molecule has 1 aliphatic carbocycles. The minimum absolute atomic E-state index is 0.0597. The van der Waals surface area contributed by atoms with E-state index in [9.17, 15) is 9.59 Å². The Balaban J connectivity index is 1.90. The molecule has 0 unspecified atom stereocenters. The molecule has 0 fully saturated rings. The first-order valence-electron chi connectivity index (χ1n) is 8.82. The number of hydrogen-bond donors (Lipinski definition) is 1. The van der Waals surface area contributed by atoms with E-state index in [2.05, 4.69) is 16.2 Å². The summed E-state index contributed by atoms with van der Waals surface area (Å²) in [5.74, 6) is 2.42. The second-order valence-corrected chi connectivity index (χ2v) is 7.63. The van der Waals surface area contributed by atoms with Gasteiger partial charge in [-0.25, -0.2) is 4.98 Å². The number of aromatic nitrogens is 2. The molecule has 3 rings (SSSR count). The Labute approximate surface area is 151 Å². The molecule has 2 aromatic rings. The lowest BCUT2D eigenvalue weighted by Crippen LogP contribution is -2.48. The van der Waals surface area contributed by atoms with Crippen LogP contribution in [0.3, 0.4) is 0 Å². The van der Waals surface area contributed by atoms with Crippen LogP contribution in [0.2, 0.25) is 0 Å². The normalized spacial score (nSPS) is 14.1. The largest absolute Gasteiger partial charge is 0.338 e. The average Bonchev–Trinajstić information content (AvgIpc) is 3.01. The highest BCUT2D eigenvalue weighted by Crippen LogP contribution is 2.33. The number of amides is 1. The van der Waals surface area contributed by atoms with Gasteiger partial charge in [-0.1, -0.05) is 19.8 Å². The van der Waals surface area contributed by atoms with E-state index in [1.807, 2.05) is 13.8 Å². The van der Waals surface area contributed by atoms with E-state index in [-0.39, 0.29) is 18.0 Å². The van der Waals surface area contributed by atoms with Gasteiger partial charge in [0.2, 0.25) is 5.91 Å². The van der Waals surface area contributed by atoms with Gasteiger partial charge in [-0.15, -0.1) is 17.8 Å². The molecule has 1 N–H and O–H groups in total. The molecule has 1 amide bonds. The minimum Gasteiger partial charge on any atom is -0.338 e. The second kappa shape index (κ2) is 7.01. The molecule has 0 saturated heterocycles. The summed E-state index contributed by atoms with van der Waals surface area (Å²) in [5, 5.41) is 3.60. The Morgan fingerprint density at radius 1 is 1.40 bits per heavy atom. The van der Waals surface area contributed by atoms with Crippen molar-refractivity contribution in [2.45, 2.75) is 64.5 Å². The van der Waals surface area contributed by atoms with E-state index in [0.29, 0.717) is 18.2 Å². The van der Waals surface area contributed by atoms with Crippen LogP contribution in [-0.4, -0.2) is 21.0 Å². The summed E-state index contributed by atoms with van der Waals surface area (Å²) in [6, 6.07) is 0. The highest BCUT2D eigenvalue weighted by molar-refractivity contribution is 7.18. The first kappa shape index (κ1) is 17.7. The number of thiophene rings is 1. The van der Waals surface area contributed by atoms with Crippen LogP contribution in [-0.2, 0) is 24.2 Å². The molecular weight excluding hydrogens is 334 g/mol. The summed E-state index contributed by atoms with van der Waals surface area (Å²) in [6.07, 6.45) is 12.6. The van der Waals surface area contributed by atoms with Crippen LogP contribution in [0.15, 0.2) is 11.1 Å². The highest BCUT2D eigenvalue weighted by atomic mass is 32.1. The van der Waals surface area contributed by atoms with Crippen LogP contribution in [0.1, 0.15) is 50.0 Å². The highest BCUT2D eigenvalue weighted by Gasteiger charge is 2.26. The molecule has 2 aromatic heterocycles. The summed E-state index contributed by atoms with van der Waals surface area (Å²) in [5.41, 5.74) is 0.359. The smallest absolute Gasteiger partial charge is 0.262 e. The van der Waals surface area contributed by atoms with Crippen LogP contribution in [0.25, 0.3) is 10.2 Å². The molecule has 0 spiro atoms. The quantitative estimate of drug-likeness (QED) is 0.837. The molecule has 25 heavy (non-hydrogen) atoms. The van der Waals surface area contributed by atoms with Gasteiger partial charge in [0.05, 0.1) is 11.7 Å². The lowest BCUT2D eigenvalue weighted by atomic mass is 9.94. The molecule has 5 nitrogen and oxygen atoms in total. The number of nitrogens with one attached hydrogen (secondary N) is 1. The van der Waals surface area contributed by atoms with E-state index < -0.39 is 5.54 Å². The van der Waals surface area contributed by atoms with Crippen molar-refractivity contribution >= 4 is 27.5 Å². The van der Waals surface area contributed by atoms with Gasteiger partial charge in [0.25, 0.3) is 5.56 Å². The molecule has 0 bridgehead atoms. The van der Waals surface area contributed by atoms with Gasteiger partial charge in [0.1, 0.15) is 16.9 Å². The van der Waals surface area contributed by atoms with Crippen molar-refractivity contribution < 1.29 is 4.79 Å². The van der Waals surface area contributed by atoms with Crippen molar-refractivity contribution in [2.24, 2.45) is 0 Å². The molecule has 0 aromatic carbocycles.